The molecule has 0 aliphatic carbocycles. The van der Waals surface area contributed by atoms with Gasteiger partial charge in [-0.25, -0.2) is 0 Å². The Morgan fingerprint density at radius 3 is 2.90 bits per heavy atom. The molecular formula is C6H10N4. The second-order valence-corrected chi connectivity index (χ2v) is 2.64. The van der Waals surface area contributed by atoms with Gasteiger partial charge in [-0.3, -0.25) is 4.68 Å². The van der Waals surface area contributed by atoms with Crippen LogP contribution in [0.15, 0.2) is 6.20 Å². The van der Waals surface area contributed by atoms with Crippen molar-refractivity contribution in [2.45, 2.75) is 5.92 Å². The van der Waals surface area contributed by atoms with Gasteiger partial charge >= 0.3 is 0 Å². The van der Waals surface area contributed by atoms with E-state index in [0.29, 0.717) is 5.92 Å². The molecule has 0 amide bonds. The monoisotopic (exact) mass is 138 g/mol. The van der Waals surface area contributed by atoms with Crippen molar-refractivity contribution in [1.82, 2.24) is 20.3 Å². The second-order valence-electron chi connectivity index (χ2n) is 2.64. The molecule has 4 nitrogen and oxygen atoms in total. The van der Waals surface area contributed by atoms with E-state index in [9.17, 15) is 0 Å². The fourth-order valence-electron chi connectivity index (χ4n) is 1.17. The van der Waals surface area contributed by atoms with Crippen molar-refractivity contribution in [3.63, 3.8) is 0 Å². The molecule has 54 valence electrons. The highest BCUT2D eigenvalue weighted by atomic mass is 15.4. The van der Waals surface area contributed by atoms with Crippen LogP contribution in [0.2, 0.25) is 0 Å². The molecule has 1 aliphatic rings. The molecule has 2 rings (SSSR count). The molecule has 0 radical (unpaired) electrons. The van der Waals surface area contributed by atoms with E-state index in [0.717, 1.165) is 13.1 Å². The van der Waals surface area contributed by atoms with Crippen LogP contribution in [0, 0.1) is 0 Å². The zero-order valence-corrected chi connectivity index (χ0v) is 5.91. The molecule has 0 aromatic carbocycles. The van der Waals surface area contributed by atoms with Crippen molar-refractivity contribution in [2.75, 3.05) is 13.1 Å². The van der Waals surface area contributed by atoms with Crippen molar-refractivity contribution >= 4 is 0 Å². The first-order chi connectivity index (χ1) is 4.88. The van der Waals surface area contributed by atoms with Crippen molar-refractivity contribution < 1.29 is 0 Å². The third-order valence-electron chi connectivity index (χ3n) is 1.95. The molecule has 1 fully saturated rings. The van der Waals surface area contributed by atoms with Gasteiger partial charge in [-0.05, 0) is 0 Å². The first-order valence-corrected chi connectivity index (χ1v) is 3.43. The Kier molecular flexibility index (Phi) is 1.20. The maximum absolute atomic E-state index is 3.86. The summed E-state index contributed by atoms with van der Waals surface area (Å²) in [5, 5.41) is 10.9. The van der Waals surface area contributed by atoms with E-state index in [1.165, 1.54) is 5.69 Å². The van der Waals surface area contributed by atoms with Crippen LogP contribution in [-0.4, -0.2) is 28.1 Å². The molecule has 1 aromatic heterocycles. The van der Waals surface area contributed by atoms with E-state index >= 15 is 0 Å². The molecule has 10 heavy (non-hydrogen) atoms. The lowest BCUT2D eigenvalue weighted by Gasteiger charge is -2.26. The third kappa shape index (κ3) is 0.724. The van der Waals surface area contributed by atoms with Crippen LogP contribution in [0.1, 0.15) is 11.6 Å². The molecule has 0 bridgehead atoms. The van der Waals surface area contributed by atoms with E-state index in [1.807, 2.05) is 17.9 Å². The SMILES string of the molecule is Cn1nncc1C1CNC1. The van der Waals surface area contributed by atoms with Crippen molar-refractivity contribution in [3.8, 4) is 0 Å². The highest BCUT2D eigenvalue weighted by molar-refractivity contribution is 5.08. The Bertz CT molecular complexity index is 225. The lowest BCUT2D eigenvalue weighted by atomic mass is 10.0. The summed E-state index contributed by atoms with van der Waals surface area (Å²) in [6, 6.07) is 0. The zero-order chi connectivity index (χ0) is 6.97. The summed E-state index contributed by atoms with van der Waals surface area (Å²) in [6.45, 7) is 2.14. The Morgan fingerprint density at radius 1 is 1.70 bits per heavy atom. The molecule has 1 aliphatic heterocycles. The number of nitrogens with zero attached hydrogens (tertiary/aromatic N) is 3. The predicted molar refractivity (Wildman–Crippen MR) is 36.6 cm³/mol. The standard InChI is InChI=1S/C6H10N4/c1-10-6(4-8-9-10)5-2-7-3-5/h4-5,7H,2-3H2,1H3. The summed E-state index contributed by atoms with van der Waals surface area (Å²) in [4.78, 5) is 0. The zero-order valence-electron chi connectivity index (χ0n) is 5.91. The quantitative estimate of drug-likeness (QED) is 0.569. The van der Waals surface area contributed by atoms with Crippen molar-refractivity contribution in [3.05, 3.63) is 11.9 Å². The summed E-state index contributed by atoms with van der Waals surface area (Å²) in [6.07, 6.45) is 1.84. The average molecular weight is 138 g/mol. The molecule has 1 saturated heterocycles. The normalized spacial score (nSPS) is 18.9. The smallest absolute Gasteiger partial charge is 0.0728 e. The average Bonchev–Trinajstić information content (AvgIpc) is 2.12. The summed E-state index contributed by atoms with van der Waals surface area (Å²) in [5.74, 6) is 0.639. The summed E-state index contributed by atoms with van der Waals surface area (Å²) >= 11 is 0. The largest absolute Gasteiger partial charge is 0.315 e. The van der Waals surface area contributed by atoms with Gasteiger partial charge in [-0.2, -0.15) is 0 Å². The van der Waals surface area contributed by atoms with E-state index < -0.39 is 0 Å². The highest BCUT2D eigenvalue weighted by Gasteiger charge is 2.21. The number of hydrogen-bond acceptors (Lipinski definition) is 3. The van der Waals surface area contributed by atoms with Crippen LogP contribution < -0.4 is 5.32 Å². The van der Waals surface area contributed by atoms with Gasteiger partial charge in [0.05, 0.1) is 11.9 Å². The number of aryl methyl sites for hydroxylation is 1. The molecule has 0 atom stereocenters. The van der Waals surface area contributed by atoms with Crippen LogP contribution in [0.3, 0.4) is 0 Å². The van der Waals surface area contributed by atoms with Gasteiger partial charge in [0, 0.05) is 26.1 Å². The first-order valence-electron chi connectivity index (χ1n) is 3.43. The summed E-state index contributed by atoms with van der Waals surface area (Å²) < 4.78 is 1.84. The van der Waals surface area contributed by atoms with Crippen LogP contribution in [-0.2, 0) is 7.05 Å². The van der Waals surface area contributed by atoms with Crippen molar-refractivity contribution in [2.24, 2.45) is 7.05 Å². The molecule has 1 aromatic rings. The summed E-state index contributed by atoms with van der Waals surface area (Å²) in [5.41, 5.74) is 1.23. The first kappa shape index (κ1) is 5.85. The van der Waals surface area contributed by atoms with Gasteiger partial charge in [-0.15, -0.1) is 5.10 Å². The fourth-order valence-corrected chi connectivity index (χ4v) is 1.17. The fraction of sp³-hybridized carbons (Fsp3) is 0.667. The Morgan fingerprint density at radius 2 is 2.50 bits per heavy atom. The van der Waals surface area contributed by atoms with Crippen LogP contribution in [0.25, 0.3) is 0 Å². The molecule has 2 heterocycles. The Labute approximate surface area is 59.2 Å². The van der Waals surface area contributed by atoms with Crippen LogP contribution >= 0.6 is 0 Å². The molecular weight excluding hydrogens is 128 g/mol. The Balaban J connectivity index is 2.23. The van der Waals surface area contributed by atoms with Crippen LogP contribution in [0.5, 0.6) is 0 Å². The highest BCUT2D eigenvalue weighted by Crippen LogP contribution is 2.16. The van der Waals surface area contributed by atoms with E-state index in [1.54, 1.807) is 0 Å². The van der Waals surface area contributed by atoms with Gasteiger partial charge in [0.2, 0.25) is 0 Å². The van der Waals surface area contributed by atoms with Gasteiger partial charge in [-0.1, -0.05) is 5.21 Å². The Hall–Kier alpha value is -0.900. The molecule has 0 saturated carbocycles. The topological polar surface area (TPSA) is 42.7 Å². The number of hydrogen-bond donors (Lipinski definition) is 1. The molecule has 0 unspecified atom stereocenters. The predicted octanol–water partition coefficient (Wildman–Crippen LogP) is -0.498. The summed E-state index contributed by atoms with van der Waals surface area (Å²) in [7, 11) is 1.93. The third-order valence-corrected chi connectivity index (χ3v) is 1.95. The minimum absolute atomic E-state index is 0.639. The van der Waals surface area contributed by atoms with E-state index in [2.05, 4.69) is 15.6 Å². The van der Waals surface area contributed by atoms with Crippen LogP contribution in [0.4, 0.5) is 0 Å². The van der Waals surface area contributed by atoms with E-state index in [-0.39, 0.29) is 0 Å². The van der Waals surface area contributed by atoms with Crippen molar-refractivity contribution in [1.29, 1.82) is 0 Å². The molecule has 0 spiro atoms. The van der Waals surface area contributed by atoms with E-state index in [4.69, 9.17) is 0 Å². The number of nitrogens with one attached hydrogen (secondary N) is 1. The van der Waals surface area contributed by atoms with Gasteiger partial charge < -0.3 is 5.32 Å². The molecule has 4 heteroatoms. The van der Waals surface area contributed by atoms with Gasteiger partial charge in [0.25, 0.3) is 0 Å². The lowest BCUT2D eigenvalue weighted by Crippen LogP contribution is -2.40. The maximum atomic E-state index is 3.86. The minimum Gasteiger partial charge on any atom is -0.315 e. The van der Waals surface area contributed by atoms with Gasteiger partial charge in [0.15, 0.2) is 0 Å². The molecule has 1 N–H and O–H groups in total. The lowest BCUT2D eigenvalue weighted by molar-refractivity contribution is 0.424. The number of rotatable bonds is 1. The minimum atomic E-state index is 0.639. The number of aromatic nitrogens is 3. The second kappa shape index (κ2) is 2.05. The van der Waals surface area contributed by atoms with Gasteiger partial charge in [0.1, 0.15) is 0 Å². The maximum Gasteiger partial charge on any atom is 0.0728 e.